The molecular formula is C17H20N6O4S. The Kier molecular flexibility index (Phi) is 4.46. The second kappa shape index (κ2) is 6.82. The molecule has 3 N–H and O–H groups in total. The fourth-order valence-corrected chi connectivity index (χ4v) is 3.53. The SMILES string of the molecule is COc1cc(Nc2nc(NC3CC3)c3c(S(C)(=O)=O)[nH]nc3n2)cc(OC)c1. The number of sulfone groups is 1. The van der Waals surface area contributed by atoms with E-state index >= 15 is 0 Å². The molecule has 10 nitrogen and oxygen atoms in total. The zero-order chi connectivity index (χ0) is 19.9. The Morgan fingerprint density at radius 1 is 1.11 bits per heavy atom. The van der Waals surface area contributed by atoms with Crippen molar-refractivity contribution in [2.24, 2.45) is 0 Å². The van der Waals surface area contributed by atoms with Crippen molar-refractivity contribution in [2.75, 3.05) is 31.1 Å². The van der Waals surface area contributed by atoms with Gasteiger partial charge in [0, 0.05) is 36.2 Å². The van der Waals surface area contributed by atoms with Crippen molar-refractivity contribution in [1.29, 1.82) is 0 Å². The molecule has 0 amide bonds. The topological polar surface area (TPSA) is 131 Å². The van der Waals surface area contributed by atoms with Gasteiger partial charge in [-0.05, 0) is 12.8 Å². The maximum absolute atomic E-state index is 12.1. The van der Waals surface area contributed by atoms with Crippen LogP contribution in [0.2, 0.25) is 0 Å². The molecule has 0 spiro atoms. The predicted octanol–water partition coefficient (Wildman–Crippen LogP) is 2.09. The maximum atomic E-state index is 12.1. The number of H-pyrrole nitrogens is 1. The Hall–Kier alpha value is -3.08. The molecule has 2 aromatic heterocycles. The van der Waals surface area contributed by atoms with Crippen LogP contribution in [-0.4, -0.2) is 55.1 Å². The number of fused-ring (bicyclic) bond motifs is 1. The maximum Gasteiger partial charge on any atom is 0.231 e. The van der Waals surface area contributed by atoms with Gasteiger partial charge in [0.15, 0.2) is 20.5 Å². The third-order valence-corrected chi connectivity index (χ3v) is 5.31. The van der Waals surface area contributed by atoms with Gasteiger partial charge in [-0.3, -0.25) is 5.10 Å². The van der Waals surface area contributed by atoms with Gasteiger partial charge in [0.2, 0.25) is 5.95 Å². The highest BCUT2D eigenvalue weighted by Gasteiger charge is 2.27. The van der Waals surface area contributed by atoms with Crippen molar-refractivity contribution in [1.82, 2.24) is 20.2 Å². The molecule has 2 heterocycles. The Balaban J connectivity index is 1.78. The molecular weight excluding hydrogens is 384 g/mol. The van der Waals surface area contributed by atoms with E-state index in [4.69, 9.17) is 9.47 Å². The van der Waals surface area contributed by atoms with Crippen molar-refractivity contribution in [3.63, 3.8) is 0 Å². The Labute approximate surface area is 161 Å². The fraction of sp³-hybridized carbons (Fsp3) is 0.353. The number of hydrogen-bond acceptors (Lipinski definition) is 9. The molecule has 3 aromatic rings. The Morgan fingerprint density at radius 2 is 1.79 bits per heavy atom. The molecule has 0 saturated heterocycles. The summed E-state index contributed by atoms with van der Waals surface area (Å²) in [5, 5.41) is 13.4. The van der Waals surface area contributed by atoms with Crippen molar-refractivity contribution in [3.05, 3.63) is 18.2 Å². The first kappa shape index (κ1) is 18.3. The molecule has 0 bridgehead atoms. The third kappa shape index (κ3) is 3.65. The summed E-state index contributed by atoms with van der Waals surface area (Å²) >= 11 is 0. The zero-order valence-corrected chi connectivity index (χ0v) is 16.4. The lowest BCUT2D eigenvalue weighted by molar-refractivity contribution is 0.395. The predicted molar refractivity (Wildman–Crippen MR) is 104 cm³/mol. The number of rotatable bonds is 7. The Morgan fingerprint density at radius 3 is 2.36 bits per heavy atom. The summed E-state index contributed by atoms with van der Waals surface area (Å²) in [6.45, 7) is 0. The van der Waals surface area contributed by atoms with Crippen LogP contribution in [0.4, 0.5) is 17.5 Å². The summed E-state index contributed by atoms with van der Waals surface area (Å²) in [7, 11) is -0.376. The van der Waals surface area contributed by atoms with E-state index in [9.17, 15) is 8.42 Å². The highest BCUT2D eigenvalue weighted by Crippen LogP contribution is 2.33. The number of nitrogens with one attached hydrogen (secondary N) is 3. The van der Waals surface area contributed by atoms with Crippen molar-refractivity contribution in [3.8, 4) is 11.5 Å². The molecule has 1 aliphatic rings. The van der Waals surface area contributed by atoms with Crippen LogP contribution in [0.3, 0.4) is 0 Å². The van der Waals surface area contributed by atoms with Crippen LogP contribution in [0.1, 0.15) is 12.8 Å². The highest BCUT2D eigenvalue weighted by molar-refractivity contribution is 7.90. The molecule has 0 unspecified atom stereocenters. The number of aromatic nitrogens is 4. The number of nitrogens with zero attached hydrogens (tertiary/aromatic N) is 3. The summed E-state index contributed by atoms with van der Waals surface area (Å²) in [5.74, 6) is 1.92. The summed E-state index contributed by atoms with van der Waals surface area (Å²) in [6.07, 6.45) is 3.14. The molecule has 11 heteroatoms. The molecule has 28 heavy (non-hydrogen) atoms. The first-order chi connectivity index (χ1) is 13.4. The standard InChI is InChI=1S/C17H20N6O4S/c1-26-11-6-10(7-12(8-11)27-2)19-17-20-14(18-9-4-5-9)13-15(21-17)22-23-16(13)28(3,24)25/h6-9H,4-5H2,1-3H3,(H3,18,19,20,21,22,23). The second-order valence-corrected chi connectivity index (χ2v) is 8.52. The molecule has 1 aromatic carbocycles. The van der Waals surface area contributed by atoms with E-state index in [0.29, 0.717) is 28.4 Å². The summed E-state index contributed by atoms with van der Waals surface area (Å²) < 4.78 is 34.7. The number of hydrogen-bond donors (Lipinski definition) is 3. The smallest absolute Gasteiger partial charge is 0.231 e. The van der Waals surface area contributed by atoms with E-state index in [-0.39, 0.29) is 22.7 Å². The van der Waals surface area contributed by atoms with Crippen LogP contribution in [-0.2, 0) is 9.84 Å². The molecule has 1 fully saturated rings. The molecule has 1 saturated carbocycles. The van der Waals surface area contributed by atoms with Crippen LogP contribution in [0, 0.1) is 0 Å². The van der Waals surface area contributed by atoms with Crippen LogP contribution in [0.25, 0.3) is 11.0 Å². The molecule has 1 aliphatic carbocycles. The van der Waals surface area contributed by atoms with E-state index < -0.39 is 9.84 Å². The minimum absolute atomic E-state index is 0.000231. The van der Waals surface area contributed by atoms with E-state index in [1.807, 2.05) is 0 Å². The number of anilines is 3. The van der Waals surface area contributed by atoms with E-state index in [1.165, 1.54) is 0 Å². The average molecular weight is 404 g/mol. The van der Waals surface area contributed by atoms with Crippen LogP contribution < -0.4 is 20.1 Å². The van der Waals surface area contributed by atoms with Crippen molar-refractivity contribution in [2.45, 2.75) is 23.9 Å². The monoisotopic (exact) mass is 404 g/mol. The molecule has 0 aliphatic heterocycles. The molecule has 148 valence electrons. The van der Waals surface area contributed by atoms with Gasteiger partial charge in [-0.15, -0.1) is 0 Å². The lowest BCUT2D eigenvalue weighted by Gasteiger charge is -2.12. The first-order valence-electron chi connectivity index (χ1n) is 8.60. The normalized spacial score (nSPS) is 14.1. The van der Waals surface area contributed by atoms with Gasteiger partial charge < -0.3 is 20.1 Å². The second-order valence-electron chi connectivity index (χ2n) is 6.56. The van der Waals surface area contributed by atoms with Gasteiger partial charge in [-0.1, -0.05) is 0 Å². The summed E-state index contributed by atoms with van der Waals surface area (Å²) in [5.41, 5.74) is 0.919. The number of aromatic amines is 1. The van der Waals surface area contributed by atoms with E-state index in [0.717, 1.165) is 19.1 Å². The largest absolute Gasteiger partial charge is 0.497 e. The molecule has 0 radical (unpaired) electrons. The van der Waals surface area contributed by atoms with E-state index in [1.54, 1.807) is 32.4 Å². The first-order valence-corrected chi connectivity index (χ1v) is 10.5. The van der Waals surface area contributed by atoms with Gasteiger partial charge in [-0.25, -0.2) is 8.42 Å². The van der Waals surface area contributed by atoms with Gasteiger partial charge in [0.05, 0.1) is 14.2 Å². The third-order valence-electron chi connectivity index (χ3n) is 4.28. The van der Waals surface area contributed by atoms with Crippen LogP contribution in [0.15, 0.2) is 23.2 Å². The van der Waals surface area contributed by atoms with Crippen molar-refractivity contribution >= 4 is 38.3 Å². The van der Waals surface area contributed by atoms with Crippen LogP contribution >= 0.6 is 0 Å². The minimum Gasteiger partial charge on any atom is -0.497 e. The van der Waals surface area contributed by atoms with E-state index in [2.05, 4.69) is 30.8 Å². The number of methoxy groups -OCH3 is 2. The Bertz CT molecular complexity index is 1120. The van der Waals surface area contributed by atoms with Crippen LogP contribution in [0.5, 0.6) is 11.5 Å². The summed E-state index contributed by atoms with van der Waals surface area (Å²) in [6, 6.07) is 5.57. The van der Waals surface area contributed by atoms with Gasteiger partial charge >= 0.3 is 0 Å². The zero-order valence-electron chi connectivity index (χ0n) is 15.6. The highest BCUT2D eigenvalue weighted by atomic mass is 32.2. The summed E-state index contributed by atoms with van der Waals surface area (Å²) in [4.78, 5) is 8.85. The molecule has 0 atom stereocenters. The molecule has 4 rings (SSSR count). The van der Waals surface area contributed by atoms with Gasteiger partial charge in [0.1, 0.15) is 22.7 Å². The average Bonchev–Trinajstić information content (AvgIpc) is 3.35. The van der Waals surface area contributed by atoms with Crippen molar-refractivity contribution < 1.29 is 17.9 Å². The minimum atomic E-state index is -3.51. The lowest BCUT2D eigenvalue weighted by atomic mass is 10.3. The lowest BCUT2D eigenvalue weighted by Crippen LogP contribution is -2.08. The fourth-order valence-electron chi connectivity index (χ4n) is 2.76. The van der Waals surface area contributed by atoms with Gasteiger partial charge in [-0.2, -0.15) is 15.1 Å². The quantitative estimate of drug-likeness (QED) is 0.541. The number of ether oxygens (including phenoxy) is 2. The number of benzene rings is 1. The van der Waals surface area contributed by atoms with Gasteiger partial charge in [0.25, 0.3) is 0 Å².